The molecule has 2 N–H and O–H groups in total. The monoisotopic (exact) mass is 315 g/mol. The Kier molecular flexibility index (Phi) is 4.55. The van der Waals surface area contributed by atoms with Gasteiger partial charge in [0.2, 0.25) is 10.0 Å². The minimum atomic E-state index is -3.64. The zero-order chi connectivity index (χ0) is 15.8. The summed E-state index contributed by atoms with van der Waals surface area (Å²) in [4.78, 5) is 2.13. The molecule has 1 heterocycles. The number of benzene rings is 1. The molecule has 0 saturated carbocycles. The van der Waals surface area contributed by atoms with E-state index in [0.717, 1.165) is 12.8 Å². The average molecular weight is 315 g/mol. The quantitative estimate of drug-likeness (QED) is 0.857. The van der Waals surface area contributed by atoms with E-state index in [4.69, 9.17) is 5.73 Å². The van der Waals surface area contributed by atoms with E-state index >= 15 is 0 Å². The zero-order valence-electron chi connectivity index (χ0n) is 12.6. The smallest absolute Gasteiger partial charge is 0.243 e. The number of halogens is 1. The highest BCUT2D eigenvalue weighted by atomic mass is 32.2. The van der Waals surface area contributed by atoms with E-state index in [9.17, 15) is 12.8 Å². The van der Waals surface area contributed by atoms with E-state index in [1.807, 2.05) is 19.0 Å². The van der Waals surface area contributed by atoms with Crippen LogP contribution in [-0.4, -0.2) is 50.8 Å². The topological polar surface area (TPSA) is 66.6 Å². The number of nitrogen functional groups attached to an aromatic ring is 1. The van der Waals surface area contributed by atoms with Crippen molar-refractivity contribution in [2.24, 2.45) is 0 Å². The Bertz CT molecular complexity index is 631. The van der Waals surface area contributed by atoms with Crippen LogP contribution in [0.25, 0.3) is 0 Å². The predicted octanol–water partition coefficient (Wildman–Crippen LogP) is 1.43. The molecule has 0 amide bonds. The summed E-state index contributed by atoms with van der Waals surface area (Å²) >= 11 is 0. The van der Waals surface area contributed by atoms with Crippen LogP contribution in [0.2, 0.25) is 0 Å². The van der Waals surface area contributed by atoms with Gasteiger partial charge in [0.1, 0.15) is 5.82 Å². The second-order valence-electron chi connectivity index (χ2n) is 5.76. The summed E-state index contributed by atoms with van der Waals surface area (Å²) in [6.07, 6.45) is 1.79. The lowest BCUT2D eigenvalue weighted by Crippen LogP contribution is -2.47. The van der Waals surface area contributed by atoms with Crippen LogP contribution in [0, 0.1) is 12.7 Å². The number of rotatable bonds is 3. The van der Waals surface area contributed by atoms with Gasteiger partial charge in [-0.15, -0.1) is 0 Å². The van der Waals surface area contributed by atoms with Crippen molar-refractivity contribution < 1.29 is 12.8 Å². The lowest BCUT2D eigenvalue weighted by atomic mass is 10.1. The lowest BCUT2D eigenvalue weighted by molar-refractivity contribution is 0.190. The first kappa shape index (κ1) is 16.2. The van der Waals surface area contributed by atoms with Crippen LogP contribution in [0.4, 0.5) is 10.1 Å². The van der Waals surface area contributed by atoms with Crippen LogP contribution in [0.15, 0.2) is 17.0 Å². The number of sulfonamides is 1. The minimum absolute atomic E-state index is 0.0980. The molecule has 0 spiro atoms. The molecule has 118 valence electrons. The summed E-state index contributed by atoms with van der Waals surface area (Å²) in [5.41, 5.74) is 5.77. The van der Waals surface area contributed by atoms with E-state index in [2.05, 4.69) is 0 Å². The molecular weight excluding hydrogens is 293 g/mol. The normalized spacial score (nSPS) is 20.9. The van der Waals surface area contributed by atoms with E-state index < -0.39 is 15.8 Å². The molecule has 0 radical (unpaired) electrons. The highest BCUT2D eigenvalue weighted by Crippen LogP contribution is 2.27. The number of hydrogen-bond acceptors (Lipinski definition) is 4. The van der Waals surface area contributed by atoms with E-state index in [0.29, 0.717) is 18.7 Å². The summed E-state index contributed by atoms with van der Waals surface area (Å²) in [7, 11) is 0.254. The molecule has 0 bridgehead atoms. The Morgan fingerprint density at radius 3 is 2.67 bits per heavy atom. The highest BCUT2D eigenvalue weighted by molar-refractivity contribution is 7.89. The highest BCUT2D eigenvalue weighted by Gasteiger charge is 2.32. The maximum Gasteiger partial charge on any atom is 0.243 e. The molecule has 1 atom stereocenters. The van der Waals surface area contributed by atoms with E-state index in [-0.39, 0.29) is 16.6 Å². The van der Waals surface area contributed by atoms with Gasteiger partial charge in [0.05, 0.1) is 10.6 Å². The Hall–Kier alpha value is -1.18. The Morgan fingerprint density at radius 2 is 2.05 bits per heavy atom. The average Bonchev–Trinajstić information content (AvgIpc) is 2.42. The SMILES string of the molecule is Cc1cc(F)c(N)cc1S(=O)(=O)N1CCCC(N(C)C)C1. The zero-order valence-corrected chi connectivity index (χ0v) is 13.5. The third-order valence-electron chi connectivity index (χ3n) is 4.00. The van der Waals surface area contributed by atoms with Crippen LogP contribution < -0.4 is 5.73 Å². The van der Waals surface area contributed by atoms with Gasteiger partial charge in [-0.3, -0.25) is 0 Å². The van der Waals surface area contributed by atoms with Crippen molar-refractivity contribution in [2.75, 3.05) is 32.9 Å². The van der Waals surface area contributed by atoms with E-state index in [1.165, 1.54) is 16.4 Å². The summed E-state index contributed by atoms with van der Waals surface area (Å²) in [6.45, 7) is 2.53. The second-order valence-corrected chi connectivity index (χ2v) is 7.67. The maximum absolute atomic E-state index is 13.4. The van der Waals surface area contributed by atoms with Crippen LogP contribution >= 0.6 is 0 Å². The summed E-state index contributed by atoms with van der Waals surface area (Å²) in [5, 5.41) is 0. The number of nitrogens with zero attached hydrogens (tertiary/aromatic N) is 2. The third-order valence-corrected chi connectivity index (χ3v) is 6.01. The first-order valence-electron chi connectivity index (χ1n) is 6.95. The molecule has 0 aromatic heterocycles. The van der Waals surface area contributed by atoms with Gasteiger partial charge in [0.15, 0.2) is 0 Å². The molecule has 1 aromatic rings. The first-order valence-corrected chi connectivity index (χ1v) is 8.39. The molecule has 1 saturated heterocycles. The van der Waals surface area contributed by atoms with Crippen LogP contribution in [0.1, 0.15) is 18.4 Å². The Labute approximate surface area is 125 Å². The second kappa shape index (κ2) is 5.90. The van der Waals surface area contributed by atoms with Crippen molar-refractivity contribution in [3.05, 3.63) is 23.5 Å². The number of aryl methyl sites for hydroxylation is 1. The molecule has 1 aromatic carbocycles. The number of anilines is 1. The van der Waals surface area contributed by atoms with Gasteiger partial charge in [-0.2, -0.15) is 4.31 Å². The van der Waals surface area contributed by atoms with Gasteiger partial charge >= 0.3 is 0 Å². The fraction of sp³-hybridized carbons (Fsp3) is 0.571. The molecule has 1 aliphatic heterocycles. The Morgan fingerprint density at radius 1 is 1.38 bits per heavy atom. The summed E-state index contributed by atoms with van der Waals surface area (Å²) in [6, 6.07) is 2.60. The minimum Gasteiger partial charge on any atom is -0.396 e. The van der Waals surface area contributed by atoms with Gasteiger partial charge in [-0.05, 0) is 51.6 Å². The van der Waals surface area contributed by atoms with Crippen molar-refractivity contribution in [3.63, 3.8) is 0 Å². The number of piperidine rings is 1. The largest absolute Gasteiger partial charge is 0.396 e. The molecule has 21 heavy (non-hydrogen) atoms. The fourth-order valence-corrected chi connectivity index (χ4v) is 4.40. The molecule has 1 unspecified atom stereocenters. The van der Waals surface area contributed by atoms with Crippen LogP contribution in [0.3, 0.4) is 0 Å². The maximum atomic E-state index is 13.4. The Balaban J connectivity index is 2.36. The van der Waals surface area contributed by atoms with Crippen molar-refractivity contribution >= 4 is 15.7 Å². The third kappa shape index (κ3) is 3.20. The molecule has 0 aliphatic carbocycles. The standard InChI is InChI=1S/C14H22FN3O2S/c1-10-7-12(15)13(16)8-14(10)21(19,20)18-6-4-5-11(9-18)17(2)3/h7-8,11H,4-6,9,16H2,1-3H3. The van der Waals surface area contributed by atoms with Crippen molar-refractivity contribution in [1.82, 2.24) is 9.21 Å². The van der Waals surface area contributed by atoms with Crippen LogP contribution in [0.5, 0.6) is 0 Å². The molecule has 2 rings (SSSR count). The van der Waals surface area contributed by atoms with Crippen molar-refractivity contribution in [3.8, 4) is 0 Å². The van der Waals surface area contributed by atoms with Crippen molar-refractivity contribution in [1.29, 1.82) is 0 Å². The number of likely N-dealkylation sites (N-methyl/N-ethyl adjacent to an activating group) is 1. The summed E-state index contributed by atoms with van der Waals surface area (Å²) in [5.74, 6) is -0.587. The van der Waals surface area contributed by atoms with Crippen molar-refractivity contribution in [2.45, 2.75) is 30.7 Å². The predicted molar refractivity (Wildman–Crippen MR) is 81.0 cm³/mol. The molecule has 1 fully saturated rings. The molecular formula is C14H22FN3O2S. The first-order chi connectivity index (χ1) is 9.73. The van der Waals surface area contributed by atoms with Gasteiger partial charge < -0.3 is 10.6 Å². The number of hydrogen-bond donors (Lipinski definition) is 1. The van der Waals surface area contributed by atoms with Gasteiger partial charge in [-0.25, -0.2) is 12.8 Å². The number of nitrogens with two attached hydrogens (primary N) is 1. The molecule has 7 heteroatoms. The molecule has 5 nitrogen and oxygen atoms in total. The van der Waals surface area contributed by atoms with E-state index in [1.54, 1.807) is 6.92 Å². The lowest BCUT2D eigenvalue weighted by Gasteiger charge is -2.35. The molecule has 1 aliphatic rings. The van der Waals surface area contributed by atoms with Gasteiger partial charge in [0.25, 0.3) is 0 Å². The van der Waals surface area contributed by atoms with Crippen LogP contribution in [-0.2, 0) is 10.0 Å². The summed E-state index contributed by atoms with van der Waals surface area (Å²) < 4.78 is 40.4. The van der Waals surface area contributed by atoms with Gasteiger partial charge in [-0.1, -0.05) is 0 Å². The fourth-order valence-electron chi connectivity index (χ4n) is 2.65. The van der Waals surface area contributed by atoms with Gasteiger partial charge in [0, 0.05) is 19.1 Å².